The molecule has 0 amide bonds. The van der Waals surface area contributed by atoms with Crippen LogP contribution in [0.4, 0.5) is 11.6 Å². The Morgan fingerprint density at radius 2 is 1.54 bits per heavy atom. The number of nitrogens with two attached hydrogens (primary N) is 1. The highest BCUT2D eigenvalue weighted by molar-refractivity contribution is 5.91. The van der Waals surface area contributed by atoms with Gasteiger partial charge in [0, 0.05) is 42.9 Å². The second-order valence-electron chi connectivity index (χ2n) is 8.54. The maximum atomic E-state index is 5.98. The van der Waals surface area contributed by atoms with Crippen molar-refractivity contribution >= 4 is 33.3 Å². The van der Waals surface area contributed by atoms with E-state index in [9.17, 15) is 0 Å². The first kappa shape index (κ1) is 20.9. The molecule has 3 N–H and O–H groups in total. The quantitative estimate of drug-likeness (QED) is 0.365. The molecule has 0 fully saturated rings. The van der Waals surface area contributed by atoms with Crippen LogP contribution in [0.25, 0.3) is 21.7 Å². The smallest absolute Gasteiger partial charge is 0.137 e. The van der Waals surface area contributed by atoms with Crippen LogP contribution in [0.15, 0.2) is 91.6 Å². The average Bonchev–Trinajstić information content (AvgIpc) is 3.54. The minimum Gasteiger partial charge on any atom is -0.383 e. The van der Waals surface area contributed by atoms with Gasteiger partial charge in [-0.3, -0.25) is 9.36 Å². The number of aromatic nitrogens is 6. The number of pyridine rings is 2. The van der Waals surface area contributed by atoms with E-state index in [1.807, 2.05) is 39.8 Å². The Hall–Kier alpha value is -4.72. The SMILES string of the molecule is Nc1nccc2cc(CNc3nccc4nn(Cc5ccc(Cn6cccn6)cc5)cc34)ccc12. The van der Waals surface area contributed by atoms with Crippen LogP contribution in [-0.4, -0.2) is 29.5 Å². The maximum absolute atomic E-state index is 5.98. The minimum absolute atomic E-state index is 0.549. The van der Waals surface area contributed by atoms with Gasteiger partial charge in [-0.2, -0.15) is 10.2 Å². The van der Waals surface area contributed by atoms with Crippen molar-refractivity contribution in [2.75, 3.05) is 11.1 Å². The van der Waals surface area contributed by atoms with E-state index >= 15 is 0 Å². The van der Waals surface area contributed by atoms with Crippen LogP contribution in [0, 0.1) is 0 Å². The molecule has 0 aliphatic heterocycles. The fourth-order valence-electron chi connectivity index (χ4n) is 4.28. The van der Waals surface area contributed by atoms with Crippen molar-refractivity contribution in [1.29, 1.82) is 0 Å². The summed E-state index contributed by atoms with van der Waals surface area (Å²) < 4.78 is 3.88. The fraction of sp³-hybridized carbons (Fsp3) is 0.111. The molecule has 6 aromatic rings. The predicted molar refractivity (Wildman–Crippen MR) is 138 cm³/mol. The van der Waals surface area contributed by atoms with E-state index in [1.165, 1.54) is 11.1 Å². The molecular formula is C27H24N8. The van der Waals surface area contributed by atoms with Crippen molar-refractivity contribution in [2.45, 2.75) is 19.6 Å². The molecule has 0 spiro atoms. The average molecular weight is 461 g/mol. The van der Waals surface area contributed by atoms with E-state index in [0.717, 1.165) is 39.6 Å². The number of hydrogen-bond donors (Lipinski definition) is 2. The first-order valence-electron chi connectivity index (χ1n) is 11.5. The molecule has 6 rings (SSSR count). The molecule has 0 saturated heterocycles. The van der Waals surface area contributed by atoms with Crippen molar-refractivity contribution in [3.8, 4) is 0 Å². The van der Waals surface area contributed by atoms with Crippen molar-refractivity contribution in [2.24, 2.45) is 0 Å². The molecule has 0 aliphatic carbocycles. The Balaban J connectivity index is 1.17. The first-order chi connectivity index (χ1) is 17.2. The Bertz CT molecular complexity index is 1600. The lowest BCUT2D eigenvalue weighted by Crippen LogP contribution is -2.02. The van der Waals surface area contributed by atoms with Crippen LogP contribution in [0.1, 0.15) is 16.7 Å². The molecule has 172 valence electrons. The fourth-order valence-corrected chi connectivity index (χ4v) is 4.28. The summed E-state index contributed by atoms with van der Waals surface area (Å²) in [5, 5.41) is 15.5. The molecule has 0 unspecified atom stereocenters. The number of rotatable bonds is 7. The minimum atomic E-state index is 0.549. The van der Waals surface area contributed by atoms with Gasteiger partial charge >= 0.3 is 0 Å². The van der Waals surface area contributed by atoms with Gasteiger partial charge in [0.2, 0.25) is 0 Å². The summed E-state index contributed by atoms with van der Waals surface area (Å²) in [6.07, 6.45) is 9.34. The lowest BCUT2D eigenvalue weighted by Gasteiger charge is -2.08. The van der Waals surface area contributed by atoms with E-state index in [2.05, 4.69) is 63.0 Å². The molecule has 0 bridgehead atoms. The molecular weight excluding hydrogens is 436 g/mol. The highest BCUT2D eigenvalue weighted by Crippen LogP contribution is 2.23. The molecule has 0 saturated carbocycles. The van der Waals surface area contributed by atoms with Gasteiger partial charge in [-0.05, 0) is 46.3 Å². The molecule has 2 aromatic carbocycles. The van der Waals surface area contributed by atoms with Crippen LogP contribution >= 0.6 is 0 Å². The molecule has 4 heterocycles. The third-order valence-corrected chi connectivity index (χ3v) is 6.07. The molecule has 0 aliphatic rings. The number of nitrogens with zero attached hydrogens (tertiary/aromatic N) is 6. The number of anilines is 2. The lowest BCUT2D eigenvalue weighted by atomic mass is 10.1. The molecule has 8 nitrogen and oxygen atoms in total. The molecule has 8 heteroatoms. The zero-order valence-corrected chi connectivity index (χ0v) is 19.0. The van der Waals surface area contributed by atoms with Crippen LogP contribution in [0.3, 0.4) is 0 Å². The normalized spacial score (nSPS) is 11.3. The van der Waals surface area contributed by atoms with Crippen LogP contribution < -0.4 is 11.1 Å². The van der Waals surface area contributed by atoms with Gasteiger partial charge in [0.15, 0.2) is 0 Å². The van der Waals surface area contributed by atoms with Crippen LogP contribution in [-0.2, 0) is 19.6 Å². The Kier molecular flexibility index (Phi) is 5.31. The van der Waals surface area contributed by atoms with Gasteiger partial charge in [-0.1, -0.05) is 36.4 Å². The topological polar surface area (TPSA) is 99.5 Å². The van der Waals surface area contributed by atoms with Gasteiger partial charge in [-0.25, -0.2) is 9.97 Å². The van der Waals surface area contributed by atoms with E-state index in [1.54, 1.807) is 18.6 Å². The van der Waals surface area contributed by atoms with Gasteiger partial charge in [-0.15, -0.1) is 0 Å². The number of nitrogens with one attached hydrogen (secondary N) is 1. The predicted octanol–water partition coefficient (Wildman–Crippen LogP) is 4.47. The number of fused-ring (bicyclic) bond motifs is 2. The summed E-state index contributed by atoms with van der Waals surface area (Å²) >= 11 is 0. The van der Waals surface area contributed by atoms with Gasteiger partial charge < -0.3 is 11.1 Å². The summed E-state index contributed by atoms with van der Waals surface area (Å²) in [4.78, 5) is 8.72. The number of hydrogen-bond acceptors (Lipinski definition) is 6. The van der Waals surface area contributed by atoms with Gasteiger partial charge in [0.05, 0.1) is 24.0 Å². The zero-order valence-electron chi connectivity index (χ0n) is 19.0. The van der Waals surface area contributed by atoms with Gasteiger partial charge in [0.1, 0.15) is 11.6 Å². The van der Waals surface area contributed by atoms with Crippen molar-refractivity contribution < 1.29 is 0 Å². The number of nitrogen functional groups attached to an aromatic ring is 1. The van der Waals surface area contributed by atoms with E-state index in [-0.39, 0.29) is 0 Å². The highest BCUT2D eigenvalue weighted by Gasteiger charge is 2.09. The molecule has 0 radical (unpaired) electrons. The van der Waals surface area contributed by atoms with Crippen LogP contribution in [0.2, 0.25) is 0 Å². The first-order valence-corrected chi connectivity index (χ1v) is 11.5. The summed E-state index contributed by atoms with van der Waals surface area (Å²) in [5.41, 5.74) is 10.4. The summed E-state index contributed by atoms with van der Waals surface area (Å²) in [6, 6.07) is 20.6. The zero-order chi connectivity index (χ0) is 23.6. The van der Waals surface area contributed by atoms with Crippen molar-refractivity contribution in [3.05, 3.63) is 108 Å². The third kappa shape index (κ3) is 4.41. The van der Waals surface area contributed by atoms with Gasteiger partial charge in [0.25, 0.3) is 0 Å². The Labute approximate surface area is 202 Å². The third-order valence-electron chi connectivity index (χ3n) is 6.07. The summed E-state index contributed by atoms with van der Waals surface area (Å²) in [7, 11) is 0. The molecule has 35 heavy (non-hydrogen) atoms. The van der Waals surface area contributed by atoms with Crippen molar-refractivity contribution in [1.82, 2.24) is 29.5 Å². The second kappa shape index (κ2) is 8.90. The Morgan fingerprint density at radius 3 is 2.34 bits per heavy atom. The standard InChI is InChI=1S/C27H24N8/c28-26-23-7-6-21(14-22(23)8-11-29-26)15-31-27-24-18-35(33-25(24)9-12-30-27)17-20-4-2-19(3-5-20)16-34-13-1-10-32-34/h1-14,18H,15-17H2,(H2,28,29)(H,30,31). The maximum Gasteiger partial charge on any atom is 0.137 e. The van der Waals surface area contributed by atoms with Crippen molar-refractivity contribution in [3.63, 3.8) is 0 Å². The highest BCUT2D eigenvalue weighted by atomic mass is 15.3. The van der Waals surface area contributed by atoms with E-state index in [0.29, 0.717) is 18.9 Å². The molecule has 4 aromatic heterocycles. The largest absolute Gasteiger partial charge is 0.383 e. The van der Waals surface area contributed by atoms with E-state index in [4.69, 9.17) is 10.8 Å². The van der Waals surface area contributed by atoms with E-state index < -0.39 is 0 Å². The monoisotopic (exact) mass is 460 g/mol. The summed E-state index contributed by atoms with van der Waals surface area (Å²) in [5.74, 6) is 1.37. The number of benzene rings is 2. The van der Waals surface area contributed by atoms with Crippen LogP contribution in [0.5, 0.6) is 0 Å². The second-order valence-corrected chi connectivity index (χ2v) is 8.54. The summed E-state index contributed by atoms with van der Waals surface area (Å²) in [6.45, 7) is 2.10. The Morgan fingerprint density at radius 1 is 0.771 bits per heavy atom. The lowest BCUT2D eigenvalue weighted by molar-refractivity contribution is 0.682. The molecule has 0 atom stereocenters.